The van der Waals surface area contributed by atoms with Crippen LogP contribution in [0.3, 0.4) is 0 Å². The Balaban J connectivity index is 0.000000249. The highest BCUT2D eigenvalue weighted by molar-refractivity contribution is 6.35. The Hall–Kier alpha value is -6.08. The van der Waals surface area contributed by atoms with Gasteiger partial charge in [-0.25, -0.2) is 23.5 Å². The van der Waals surface area contributed by atoms with Crippen LogP contribution in [-0.2, 0) is 26.1 Å². The van der Waals surface area contributed by atoms with Gasteiger partial charge in [0, 0.05) is 41.5 Å². The fraction of sp³-hybridized carbons (Fsp3) is 0.211. The van der Waals surface area contributed by atoms with Crippen LogP contribution in [0.1, 0.15) is 52.2 Å². The molecule has 17 heteroatoms. The third-order valence-corrected chi connectivity index (χ3v) is 8.08. The third kappa shape index (κ3) is 11.0. The number of methoxy groups -OCH3 is 3. The minimum absolute atomic E-state index is 0.179. The SMILES string of the molecule is CO/C=C(/C(=O)OC)c1ccccc1Oc1cc(Oc2ccccc2C#N)ncn1.COC(c1ccc(Cl)cc1Cl)C(C)NC(=O)c1cn(C)nc1C(F)F. The van der Waals surface area contributed by atoms with E-state index in [2.05, 4.69) is 26.5 Å². The Morgan fingerprint density at radius 1 is 0.927 bits per heavy atom. The summed E-state index contributed by atoms with van der Waals surface area (Å²) in [6, 6.07) is 21.6. The van der Waals surface area contributed by atoms with E-state index in [0.717, 1.165) is 0 Å². The zero-order chi connectivity index (χ0) is 40.1. The summed E-state index contributed by atoms with van der Waals surface area (Å²) in [6.45, 7) is 1.69. The number of carbonyl (C=O) groups excluding carboxylic acids is 2. The lowest BCUT2D eigenvalue weighted by Gasteiger charge is -2.25. The lowest BCUT2D eigenvalue weighted by atomic mass is 10.0. The van der Waals surface area contributed by atoms with Gasteiger partial charge in [-0.2, -0.15) is 10.4 Å². The molecule has 2 heterocycles. The van der Waals surface area contributed by atoms with Crippen LogP contribution in [0, 0.1) is 11.3 Å². The zero-order valence-corrected chi connectivity index (χ0v) is 31.5. The number of hydrogen-bond donors (Lipinski definition) is 1. The highest BCUT2D eigenvalue weighted by Crippen LogP contribution is 2.33. The normalized spacial score (nSPS) is 12.1. The van der Waals surface area contributed by atoms with Crippen LogP contribution in [0.2, 0.25) is 10.0 Å². The number of rotatable bonds is 13. The molecular formula is C38H34Cl2F2N6O7. The number of hydrogen-bond acceptors (Lipinski definition) is 11. The molecule has 0 bridgehead atoms. The highest BCUT2D eigenvalue weighted by atomic mass is 35.5. The largest absolute Gasteiger partial charge is 0.503 e. The minimum Gasteiger partial charge on any atom is -0.503 e. The van der Waals surface area contributed by atoms with E-state index in [1.165, 1.54) is 57.9 Å². The summed E-state index contributed by atoms with van der Waals surface area (Å²) < 4.78 is 54.0. The zero-order valence-electron chi connectivity index (χ0n) is 30.0. The molecule has 0 aliphatic rings. The number of halogens is 4. The molecule has 0 spiro atoms. The van der Waals surface area contributed by atoms with E-state index >= 15 is 0 Å². The first-order valence-corrected chi connectivity index (χ1v) is 16.8. The van der Waals surface area contributed by atoms with Gasteiger partial charge in [0.2, 0.25) is 11.8 Å². The maximum atomic E-state index is 13.0. The molecule has 3 aromatic carbocycles. The van der Waals surface area contributed by atoms with Crippen molar-refractivity contribution >= 4 is 40.7 Å². The molecule has 0 fully saturated rings. The number of amides is 1. The Bertz CT molecular complexity index is 2190. The fourth-order valence-corrected chi connectivity index (χ4v) is 5.59. The summed E-state index contributed by atoms with van der Waals surface area (Å²) in [7, 11) is 5.65. The van der Waals surface area contributed by atoms with Crippen LogP contribution in [-0.4, -0.2) is 59.0 Å². The number of carbonyl (C=O) groups is 2. The molecule has 0 radical (unpaired) electrons. The molecule has 1 N–H and O–H groups in total. The Labute approximate surface area is 325 Å². The summed E-state index contributed by atoms with van der Waals surface area (Å²) in [5.74, 6) is -0.144. The van der Waals surface area contributed by atoms with Gasteiger partial charge >= 0.3 is 5.97 Å². The van der Waals surface area contributed by atoms with Gasteiger partial charge in [0.15, 0.2) is 0 Å². The lowest BCUT2D eigenvalue weighted by molar-refractivity contribution is -0.133. The summed E-state index contributed by atoms with van der Waals surface area (Å²) in [5.41, 5.74) is 0.899. The van der Waals surface area contributed by atoms with Crippen molar-refractivity contribution in [2.75, 3.05) is 21.3 Å². The number of aromatic nitrogens is 4. The summed E-state index contributed by atoms with van der Waals surface area (Å²) in [6.07, 6.45) is 0.373. The first-order valence-electron chi connectivity index (χ1n) is 16.1. The maximum absolute atomic E-state index is 13.0. The molecule has 0 saturated heterocycles. The van der Waals surface area contributed by atoms with Crippen molar-refractivity contribution in [2.24, 2.45) is 7.05 Å². The number of esters is 1. The van der Waals surface area contributed by atoms with E-state index in [0.29, 0.717) is 38.2 Å². The molecule has 286 valence electrons. The summed E-state index contributed by atoms with van der Waals surface area (Å²) in [4.78, 5) is 32.6. The molecule has 13 nitrogen and oxygen atoms in total. The van der Waals surface area contributed by atoms with Gasteiger partial charge in [0.25, 0.3) is 12.3 Å². The van der Waals surface area contributed by atoms with Gasteiger partial charge in [-0.05, 0) is 37.3 Å². The second-order valence-electron chi connectivity index (χ2n) is 11.2. The van der Waals surface area contributed by atoms with E-state index in [9.17, 15) is 23.6 Å². The van der Waals surface area contributed by atoms with Crippen LogP contribution >= 0.6 is 23.2 Å². The van der Waals surface area contributed by atoms with Crippen LogP contribution in [0.5, 0.6) is 23.3 Å². The Morgan fingerprint density at radius 2 is 1.58 bits per heavy atom. The van der Waals surface area contributed by atoms with Crippen molar-refractivity contribution in [1.29, 1.82) is 5.26 Å². The average molecular weight is 796 g/mol. The molecule has 2 atom stereocenters. The Kier molecular flexibility index (Phi) is 15.0. The van der Waals surface area contributed by atoms with E-state index in [1.807, 2.05) is 0 Å². The van der Waals surface area contributed by atoms with E-state index in [-0.39, 0.29) is 22.9 Å². The number of nitrogens with one attached hydrogen (secondary N) is 1. The summed E-state index contributed by atoms with van der Waals surface area (Å²) >= 11 is 12.1. The molecule has 2 aromatic heterocycles. The molecule has 0 aliphatic carbocycles. The number of benzene rings is 3. The predicted molar refractivity (Wildman–Crippen MR) is 198 cm³/mol. The van der Waals surface area contributed by atoms with E-state index in [4.69, 9.17) is 46.9 Å². The standard InChI is InChI=1S/C22H17N3O5.C16H17Cl2F2N3O2/c1-27-13-17(22(26)28-2)16-8-4-6-10-19(16)30-21-11-20(24-14-25-21)29-18-9-5-3-7-15(18)12-23;1-8(14(25-3)10-5-4-9(17)6-12(10)18)21-16(24)11-7-23(2)22-13(11)15(19)20/h3-11,13-14H,1-2H3;4-8,14-15H,1-3H3,(H,21,24)/b17-13+;. The van der Waals surface area contributed by atoms with E-state index < -0.39 is 36.1 Å². The molecule has 55 heavy (non-hydrogen) atoms. The second-order valence-corrected chi connectivity index (χ2v) is 12.1. The molecule has 5 aromatic rings. The molecule has 1 amide bonds. The number of aryl methyl sites for hydroxylation is 1. The van der Waals surface area contributed by atoms with Crippen molar-refractivity contribution in [3.63, 3.8) is 0 Å². The Morgan fingerprint density at radius 3 is 2.20 bits per heavy atom. The highest BCUT2D eigenvalue weighted by Gasteiger charge is 2.27. The van der Waals surface area contributed by atoms with Gasteiger partial charge in [-0.1, -0.05) is 59.6 Å². The first-order chi connectivity index (χ1) is 26.4. The van der Waals surface area contributed by atoms with Crippen LogP contribution < -0.4 is 14.8 Å². The first kappa shape index (κ1) is 41.7. The average Bonchev–Trinajstić information content (AvgIpc) is 3.58. The fourth-order valence-electron chi connectivity index (χ4n) is 5.07. The second kappa shape index (κ2) is 19.8. The topological polar surface area (TPSA) is 160 Å². The van der Waals surface area contributed by atoms with Gasteiger partial charge in [0.1, 0.15) is 41.3 Å². The van der Waals surface area contributed by atoms with Crippen molar-refractivity contribution in [2.45, 2.75) is 25.5 Å². The number of nitriles is 1. The number of alkyl halides is 2. The molecule has 5 rings (SSSR count). The molecule has 0 aliphatic heterocycles. The smallest absolute Gasteiger partial charge is 0.341 e. The van der Waals surface area contributed by atoms with Gasteiger partial charge in [-0.15, -0.1) is 0 Å². The molecular weight excluding hydrogens is 761 g/mol. The van der Waals surface area contributed by atoms with Crippen LogP contribution in [0.15, 0.2) is 91.6 Å². The lowest BCUT2D eigenvalue weighted by Crippen LogP contribution is -2.38. The van der Waals surface area contributed by atoms with Gasteiger partial charge in [-0.3, -0.25) is 9.48 Å². The summed E-state index contributed by atoms with van der Waals surface area (Å²) in [5, 5.41) is 16.3. The predicted octanol–water partition coefficient (Wildman–Crippen LogP) is 8.26. The minimum atomic E-state index is -2.85. The van der Waals surface area contributed by atoms with Crippen LogP contribution in [0.25, 0.3) is 5.57 Å². The van der Waals surface area contributed by atoms with Crippen LogP contribution in [0.4, 0.5) is 8.78 Å². The number of nitrogens with zero attached hydrogens (tertiary/aromatic N) is 5. The quantitative estimate of drug-likeness (QED) is 0.0694. The number of para-hydroxylation sites is 2. The van der Waals surface area contributed by atoms with Gasteiger partial charge in [0.05, 0.1) is 43.7 Å². The van der Waals surface area contributed by atoms with Crippen molar-refractivity contribution in [1.82, 2.24) is 25.1 Å². The van der Waals surface area contributed by atoms with Crippen molar-refractivity contribution < 1.29 is 42.1 Å². The van der Waals surface area contributed by atoms with Gasteiger partial charge < -0.3 is 29.0 Å². The van der Waals surface area contributed by atoms with Crippen molar-refractivity contribution in [3.8, 4) is 29.3 Å². The third-order valence-electron chi connectivity index (χ3n) is 7.52. The van der Waals surface area contributed by atoms with Crippen molar-refractivity contribution in [3.05, 3.63) is 130 Å². The monoisotopic (exact) mass is 794 g/mol. The number of ether oxygens (including phenoxy) is 5. The maximum Gasteiger partial charge on any atom is 0.341 e. The van der Waals surface area contributed by atoms with E-state index in [1.54, 1.807) is 73.7 Å². The molecule has 2 unspecified atom stereocenters. The molecule has 0 saturated carbocycles.